The molecule has 0 aliphatic carbocycles. The van der Waals surface area contributed by atoms with Gasteiger partial charge in [-0.3, -0.25) is 9.59 Å². The highest BCUT2D eigenvalue weighted by molar-refractivity contribution is 6.05. The number of aryl methyl sites for hydroxylation is 1. The van der Waals surface area contributed by atoms with Crippen LogP contribution in [-0.4, -0.2) is 51.8 Å². The molecule has 3 aromatic carbocycles. The molecule has 7 nitrogen and oxygen atoms in total. The van der Waals surface area contributed by atoms with Gasteiger partial charge in [0.05, 0.1) is 17.9 Å². The molecule has 0 spiro atoms. The molecule has 1 aliphatic rings. The molecule has 0 bridgehead atoms. The summed E-state index contributed by atoms with van der Waals surface area (Å²) in [5, 5.41) is 7.77. The molecular formula is C32H32N4O3. The van der Waals surface area contributed by atoms with E-state index in [2.05, 4.69) is 5.32 Å². The smallest absolute Gasteiger partial charge is 0.270 e. The molecule has 0 unspecified atom stereocenters. The lowest BCUT2D eigenvalue weighted by Gasteiger charge is -2.35. The number of nitrogens with one attached hydrogen (secondary N) is 1. The molecule has 2 heterocycles. The summed E-state index contributed by atoms with van der Waals surface area (Å²) in [5.41, 5.74) is 4.93. The molecule has 0 radical (unpaired) electrons. The largest absolute Gasteiger partial charge is 0.372 e. The van der Waals surface area contributed by atoms with Crippen LogP contribution >= 0.6 is 0 Å². The lowest BCUT2D eigenvalue weighted by molar-refractivity contribution is -0.139. The number of hydrogen-bond donors (Lipinski definition) is 1. The van der Waals surface area contributed by atoms with Crippen molar-refractivity contribution >= 4 is 17.9 Å². The van der Waals surface area contributed by atoms with Crippen molar-refractivity contribution in [2.75, 3.05) is 13.1 Å². The Morgan fingerprint density at radius 2 is 1.51 bits per heavy atom. The number of aromatic nitrogens is 2. The van der Waals surface area contributed by atoms with E-state index < -0.39 is 0 Å². The second-order valence-electron chi connectivity index (χ2n) is 9.92. The number of morpholine rings is 1. The molecule has 1 aliphatic heterocycles. The Hall–Kier alpha value is -4.49. The summed E-state index contributed by atoms with van der Waals surface area (Å²) in [6, 6.07) is 26.9. The summed E-state index contributed by atoms with van der Waals surface area (Å²) in [4.78, 5) is 28.9. The third-order valence-electron chi connectivity index (χ3n) is 6.61. The SMILES string of the molecule is Cc1ccc(C(=O)N/C(=C\c2cn(-c3ccccc3)nc2-c2ccccc2)C(=O)N2C[C@@H](C)O[C@@H](C)C2)cc1. The van der Waals surface area contributed by atoms with Crippen LogP contribution in [0.3, 0.4) is 0 Å². The zero-order valence-electron chi connectivity index (χ0n) is 22.4. The molecule has 4 aromatic rings. The van der Waals surface area contributed by atoms with E-state index in [0.29, 0.717) is 29.9 Å². The molecule has 1 fully saturated rings. The normalized spacial score (nSPS) is 17.6. The van der Waals surface area contributed by atoms with E-state index in [0.717, 1.165) is 16.8 Å². The molecule has 1 aromatic heterocycles. The summed E-state index contributed by atoms with van der Waals surface area (Å²) in [6.45, 7) is 6.74. The number of para-hydroxylation sites is 1. The number of hydrogen-bond acceptors (Lipinski definition) is 4. The van der Waals surface area contributed by atoms with Gasteiger partial charge in [0.2, 0.25) is 0 Å². The van der Waals surface area contributed by atoms with E-state index >= 15 is 0 Å². The van der Waals surface area contributed by atoms with Crippen molar-refractivity contribution in [2.24, 2.45) is 0 Å². The topological polar surface area (TPSA) is 76.5 Å². The minimum atomic E-state index is -0.347. The van der Waals surface area contributed by atoms with Crippen molar-refractivity contribution in [1.29, 1.82) is 0 Å². The molecule has 39 heavy (non-hydrogen) atoms. The molecule has 0 saturated carbocycles. The van der Waals surface area contributed by atoms with Crippen LogP contribution in [-0.2, 0) is 9.53 Å². The number of carbonyl (C=O) groups is 2. The van der Waals surface area contributed by atoms with Crippen molar-refractivity contribution in [3.63, 3.8) is 0 Å². The van der Waals surface area contributed by atoms with Gasteiger partial charge in [0.1, 0.15) is 11.4 Å². The second kappa shape index (κ2) is 11.5. The van der Waals surface area contributed by atoms with Crippen LogP contribution in [0.4, 0.5) is 0 Å². The third kappa shape index (κ3) is 6.16. The summed E-state index contributed by atoms with van der Waals surface area (Å²) >= 11 is 0. The predicted molar refractivity (Wildman–Crippen MR) is 152 cm³/mol. The van der Waals surface area contributed by atoms with Crippen LogP contribution < -0.4 is 5.32 Å². The van der Waals surface area contributed by atoms with Crippen LogP contribution in [0.2, 0.25) is 0 Å². The van der Waals surface area contributed by atoms with Gasteiger partial charge in [0.15, 0.2) is 0 Å². The second-order valence-corrected chi connectivity index (χ2v) is 9.92. The van der Waals surface area contributed by atoms with Crippen LogP contribution in [0.25, 0.3) is 23.0 Å². The Morgan fingerprint density at radius 3 is 2.15 bits per heavy atom. The Bertz CT molecular complexity index is 1470. The average molecular weight is 521 g/mol. The average Bonchev–Trinajstić information content (AvgIpc) is 3.37. The van der Waals surface area contributed by atoms with E-state index in [1.54, 1.807) is 27.8 Å². The number of benzene rings is 3. The number of amides is 2. The van der Waals surface area contributed by atoms with Gasteiger partial charge in [-0.15, -0.1) is 0 Å². The maximum Gasteiger partial charge on any atom is 0.270 e. The van der Waals surface area contributed by atoms with Gasteiger partial charge in [-0.05, 0) is 51.1 Å². The van der Waals surface area contributed by atoms with E-state index in [1.807, 2.05) is 99.8 Å². The lowest BCUT2D eigenvalue weighted by Crippen LogP contribution is -2.50. The molecule has 1 N–H and O–H groups in total. The van der Waals surface area contributed by atoms with Gasteiger partial charge in [-0.1, -0.05) is 66.2 Å². The minimum Gasteiger partial charge on any atom is -0.372 e. The van der Waals surface area contributed by atoms with Crippen LogP contribution in [0.5, 0.6) is 0 Å². The van der Waals surface area contributed by atoms with Crippen molar-refractivity contribution < 1.29 is 14.3 Å². The zero-order valence-corrected chi connectivity index (χ0v) is 22.4. The first-order chi connectivity index (χ1) is 18.9. The summed E-state index contributed by atoms with van der Waals surface area (Å²) in [5.74, 6) is -0.607. The van der Waals surface area contributed by atoms with Crippen molar-refractivity contribution in [3.8, 4) is 16.9 Å². The van der Waals surface area contributed by atoms with Crippen molar-refractivity contribution in [2.45, 2.75) is 33.0 Å². The number of nitrogens with zero attached hydrogens (tertiary/aromatic N) is 3. The Labute approximate surface area is 228 Å². The molecule has 5 rings (SSSR count). The first kappa shape index (κ1) is 26.1. The molecule has 198 valence electrons. The lowest BCUT2D eigenvalue weighted by atomic mass is 10.1. The van der Waals surface area contributed by atoms with E-state index in [9.17, 15) is 9.59 Å². The van der Waals surface area contributed by atoms with E-state index in [1.165, 1.54) is 0 Å². The maximum absolute atomic E-state index is 13.9. The number of rotatable bonds is 6. The third-order valence-corrected chi connectivity index (χ3v) is 6.61. The van der Waals surface area contributed by atoms with Crippen LogP contribution in [0.1, 0.15) is 35.3 Å². The van der Waals surface area contributed by atoms with Crippen molar-refractivity contribution in [3.05, 3.63) is 114 Å². The highest BCUT2D eigenvalue weighted by atomic mass is 16.5. The Morgan fingerprint density at radius 1 is 0.897 bits per heavy atom. The summed E-state index contributed by atoms with van der Waals surface area (Å²) in [7, 11) is 0. The molecular weight excluding hydrogens is 488 g/mol. The molecule has 2 atom stereocenters. The monoisotopic (exact) mass is 520 g/mol. The first-order valence-electron chi connectivity index (χ1n) is 13.1. The quantitative estimate of drug-likeness (QED) is 0.352. The highest BCUT2D eigenvalue weighted by Gasteiger charge is 2.29. The number of carbonyl (C=O) groups excluding carboxylic acids is 2. The van der Waals surface area contributed by atoms with Crippen molar-refractivity contribution in [1.82, 2.24) is 20.0 Å². The summed E-state index contributed by atoms with van der Waals surface area (Å²) in [6.07, 6.45) is 3.40. The van der Waals surface area contributed by atoms with Gasteiger partial charge in [-0.2, -0.15) is 5.10 Å². The van der Waals surface area contributed by atoms with Gasteiger partial charge in [0, 0.05) is 36.0 Å². The fraction of sp³-hybridized carbons (Fsp3) is 0.219. The van der Waals surface area contributed by atoms with Gasteiger partial charge in [0.25, 0.3) is 11.8 Å². The Balaban J connectivity index is 1.59. The number of ether oxygens (including phenoxy) is 1. The minimum absolute atomic E-state index is 0.104. The Kier molecular flexibility index (Phi) is 7.70. The van der Waals surface area contributed by atoms with Gasteiger partial charge >= 0.3 is 0 Å². The highest BCUT2D eigenvalue weighted by Crippen LogP contribution is 2.26. The van der Waals surface area contributed by atoms with E-state index in [-0.39, 0.29) is 29.7 Å². The predicted octanol–water partition coefficient (Wildman–Crippen LogP) is 5.25. The van der Waals surface area contributed by atoms with Crippen LogP contribution in [0.15, 0.2) is 96.8 Å². The zero-order chi connectivity index (χ0) is 27.4. The van der Waals surface area contributed by atoms with Gasteiger partial charge < -0.3 is 15.0 Å². The van der Waals surface area contributed by atoms with Gasteiger partial charge in [-0.25, -0.2) is 4.68 Å². The van der Waals surface area contributed by atoms with Crippen LogP contribution in [0, 0.1) is 6.92 Å². The first-order valence-corrected chi connectivity index (χ1v) is 13.1. The van der Waals surface area contributed by atoms with E-state index in [4.69, 9.17) is 9.84 Å². The molecule has 7 heteroatoms. The summed E-state index contributed by atoms with van der Waals surface area (Å²) < 4.78 is 7.63. The standard InChI is InChI=1S/C32H32N4O3/c1-22-14-16-26(17-15-22)31(37)33-29(32(38)35-19-23(2)39-24(3)20-35)18-27-21-36(28-12-8-5-9-13-28)34-30(27)25-10-6-4-7-11-25/h4-18,21,23-24H,19-20H2,1-3H3,(H,33,37)/b29-18-/t23-,24+. The fourth-order valence-corrected chi connectivity index (χ4v) is 4.75. The fourth-order valence-electron chi connectivity index (χ4n) is 4.75. The molecule has 2 amide bonds. The molecule has 1 saturated heterocycles. The maximum atomic E-state index is 13.9.